The van der Waals surface area contributed by atoms with E-state index in [0.717, 1.165) is 18.0 Å². The number of rotatable bonds is 6. The number of carbonyl (C=O) groups is 1. The van der Waals surface area contributed by atoms with Gasteiger partial charge in [-0.15, -0.1) is 0 Å². The Balaban J connectivity index is 2.03. The summed E-state index contributed by atoms with van der Waals surface area (Å²) < 4.78 is 4.74. The summed E-state index contributed by atoms with van der Waals surface area (Å²) in [5.41, 5.74) is 7.57. The first-order valence-electron chi connectivity index (χ1n) is 6.73. The molecular weight excluding hydrogens is 240 g/mol. The lowest BCUT2D eigenvalue weighted by Gasteiger charge is -2.27. The highest BCUT2D eigenvalue weighted by Crippen LogP contribution is 2.34. The maximum atomic E-state index is 11.5. The Bertz CT molecular complexity index is 444. The van der Waals surface area contributed by atoms with Gasteiger partial charge in [0.1, 0.15) is 0 Å². The Morgan fingerprint density at radius 1 is 1.53 bits per heavy atom. The molecule has 1 aliphatic rings. The van der Waals surface area contributed by atoms with E-state index >= 15 is 0 Å². The van der Waals surface area contributed by atoms with Crippen molar-refractivity contribution in [2.45, 2.75) is 25.4 Å². The number of nitrogens with two attached hydrogens (primary N) is 1. The van der Waals surface area contributed by atoms with Crippen molar-refractivity contribution in [1.29, 1.82) is 0 Å². The summed E-state index contributed by atoms with van der Waals surface area (Å²) >= 11 is 0. The molecule has 4 heteroatoms. The van der Waals surface area contributed by atoms with Crippen LogP contribution < -0.4 is 5.73 Å². The first kappa shape index (κ1) is 14.0. The lowest BCUT2D eigenvalue weighted by atomic mass is 10.1. The lowest BCUT2D eigenvalue weighted by molar-refractivity contribution is 0.0600. The molecule has 0 aromatic heterocycles. The van der Waals surface area contributed by atoms with Gasteiger partial charge in [0.25, 0.3) is 0 Å². The van der Waals surface area contributed by atoms with E-state index in [4.69, 9.17) is 10.5 Å². The first-order chi connectivity index (χ1) is 9.15. The molecule has 2 N–H and O–H groups in total. The Kier molecular flexibility index (Phi) is 4.56. The molecule has 4 nitrogen and oxygen atoms in total. The van der Waals surface area contributed by atoms with Gasteiger partial charge < -0.3 is 10.5 Å². The maximum absolute atomic E-state index is 11.5. The summed E-state index contributed by atoms with van der Waals surface area (Å²) in [4.78, 5) is 13.8. The minimum atomic E-state index is -0.290. The highest BCUT2D eigenvalue weighted by molar-refractivity contribution is 5.89. The van der Waals surface area contributed by atoms with Gasteiger partial charge >= 0.3 is 5.97 Å². The van der Waals surface area contributed by atoms with Crippen molar-refractivity contribution in [3.8, 4) is 0 Å². The molecule has 1 aromatic carbocycles. The zero-order valence-corrected chi connectivity index (χ0v) is 11.6. The number of nitrogens with zero attached hydrogens (tertiary/aromatic N) is 1. The third kappa shape index (κ3) is 3.55. The maximum Gasteiger partial charge on any atom is 0.337 e. The zero-order chi connectivity index (χ0) is 13.8. The van der Waals surface area contributed by atoms with Crippen LogP contribution in [0.1, 0.15) is 28.8 Å². The fourth-order valence-corrected chi connectivity index (χ4v) is 2.53. The number of methoxy groups -OCH3 is 1. The average molecular weight is 262 g/mol. The number of likely N-dealkylation sites (N-methyl/N-ethyl adjacent to an activating group) is 1. The minimum Gasteiger partial charge on any atom is -0.465 e. The molecule has 0 heterocycles. The van der Waals surface area contributed by atoms with Gasteiger partial charge in [-0.3, -0.25) is 4.90 Å². The van der Waals surface area contributed by atoms with Crippen LogP contribution in [0.4, 0.5) is 0 Å². The molecule has 0 bridgehead atoms. The smallest absolute Gasteiger partial charge is 0.337 e. The normalized spacial score (nSPS) is 16.4. The van der Waals surface area contributed by atoms with Gasteiger partial charge in [-0.1, -0.05) is 12.1 Å². The van der Waals surface area contributed by atoms with Crippen LogP contribution in [-0.4, -0.2) is 37.6 Å². The molecular formula is C15H22N2O2. The summed E-state index contributed by atoms with van der Waals surface area (Å²) in [6, 6.07) is 8.04. The van der Waals surface area contributed by atoms with Gasteiger partial charge in [-0.2, -0.15) is 0 Å². The SMILES string of the molecule is COC(=O)c1cccc(CN(C)C(CN)C2CC2)c1. The van der Waals surface area contributed by atoms with Gasteiger partial charge in [0.2, 0.25) is 0 Å². The van der Waals surface area contributed by atoms with Crippen LogP contribution >= 0.6 is 0 Å². The summed E-state index contributed by atoms with van der Waals surface area (Å²) in [5, 5.41) is 0. The van der Waals surface area contributed by atoms with E-state index in [9.17, 15) is 4.79 Å². The van der Waals surface area contributed by atoms with Gasteiger partial charge in [-0.05, 0) is 43.5 Å². The van der Waals surface area contributed by atoms with Crippen LogP contribution in [0.3, 0.4) is 0 Å². The van der Waals surface area contributed by atoms with Gasteiger partial charge in [-0.25, -0.2) is 4.79 Å². The second kappa shape index (κ2) is 6.17. The number of benzene rings is 1. The molecule has 0 radical (unpaired) electrons. The standard InChI is InChI=1S/C15H22N2O2/c1-17(14(9-16)12-6-7-12)10-11-4-3-5-13(8-11)15(18)19-2/h3-5,8,12,14H,6-7,9-10,16H2,1-2H3. The van der Waals surface area contributed by atoms with E-state index in [2.05, 4.69) is 11.9 Å². The monoisotopic (exact) mass is 262 g/mol. The second-order valence-electron chi connectivity index (χ2n) is 5.25. The van der Waals surface area contributed by atoms with E-state index in [0.29, 0.717) is 18.2 Å². The van der Waals surface area contributed by atoms with E-state index in [1.165, 1.54) is 20.0 Å². The molecule has 2 rings (SSSR count). The predicted molar refractivity (Wildman–Crippen MR) is 74.8 cm³/mol. The highest BCUT2D eigenvalue weighted by Gasteiger charge is 2.32. The molecule has 1 fully saturated rings. The summed E-state index contributed by atoms with van der Waals surface area (Å²) in [6.07, 6.45) is 2.57. The Labute approximate surface area is 114 Å². The third-order valence-corrected chi connectivity index (χ3v) is 3.75. The van der Waals surface area contributed by atoms with Crippen molar-refractivity contribution in [1.82, 2.24) is 4.90 Å². The average Bonchev–Trinajstić information content (AvgIpc) is 3.23. The Morgan fingerprint density at radius 2 is 2.26 bits per heavy atom. The fourth-order valence-electron chi connectivity index (χ4n) is 2.53. The van der Waals surface area contributed by atoms with Crippen LogP contribution in [0, 0.1) is 5.92 Å². The van der Waals surface area contributed by atoms with Crippen LogP contribution in [0.25, 0.3) is 0 Å². The van der Waals surface area contributed by atoms with Crippen molar-refractivity contribution in [3.63, 3.8) is 0 Å². The highest BCUT2D eigenvalue weighted by atomic mass is 16.5. The molecule has 19 heavy (non-hydrogen) atoms. The fraction of sp³-hybridized carbons (Fsp3) is 0.533. The van der Waals surface area contributed by atoms with Crippen molar-refractivity contribution in [3.05, 3.63) is 35.4 Å². The topological polar surface area (TPSA) is 55.6 Å². The minimum absolute atomic E-state index is 0.290. The van der Waals surface area contributed by atoms with Gasteiger partial charge in [0.05, 0.1) is 12.7 Å². The zero-order valence-electron chi connectivity index (χ0n) is 11.6. The van der Waals surface area contributed by atoms with E-state index in [-0.39, 0.29) is 5.97 Å². The number of esters is 1. The van der Waals surface area contributed by atoms with Crippen LogP contribution in [0.2, 0.25) is 0 Å². The lowest BCUT2D eigenvalue weighted by Crippen LogP contribution is -2.39. The summed E-state index contributed by atoms with van der Waals surface area (Å²) in [5.74, 6) is 0.459. The van der Waals surface area contributed by atoms with E-state index in [1.54, 1.807) is 6.07 Å². The van der Waals surface area contributed by atoms with Gasteiger partial charge in [0, 0.05) is 19.1 Å². The van der Waals surface area contributed by atoms with Crippen molar-refractivity contribution in [2.75, 3.05) is 20.7 Å². The van der Waals surface area contributed by atoms with Crippen molar-refractivity contribution in [2.24, 2.45) is 11.7 Å². The van der Waals surface area contributed by atoms with Crippen LogP contribution in [0.15, 0.2) is 24.3 Å². The molecule has 1 unspecified atom stereocenters. The van der Waals surface area contributed by atoms with Crippen molar-refractivity contribution >= 4 is 5.97 Å². The first-order valence-corrected chi connectivity index (χ1v) is 6.73. The third-order valence-electron chi connectivity index (χ3n) is 3.75. The van der Waals surface area contributed by atoms with Crippen LogP contribution in [-0.2, 0) is 11.3 Å². The number of carbonyl (C=O) groups excluding carboxylic acids is 1. The molecule has 0 saturated heterocycles. The van der Waals surface area contributed by atoms with E-state index < -0.39 is 0 Å². The van der Waals surface area contributed by atoms with Gasteiger partial charge in [0.15, 0.2) is 0 Å². The molecule has 104 valence electrons. The number of hydrogen-bond acceptors (Lipinski definition) is 4. The summed E-state index contributed by atoms with van der Waals surface area (Å²) in [6.45, 7) is 1.50. The molecule has 1 saturated carbocycles. The molecule has 1 aliphatic carbocycles. The second-order valence-corrected chi connectivity index (χ2v) is 5.25. The molecule has 1 aromatic rings. The molecule has 0 amide bonds. The Morgan fingerprint density at radius 3 is 2.84 bits per heavy atom. The van der Waals surface area contributed by atoms with Crippen molar-refractivity contribution < 1.29 is 9.53 Å². The molecule has 0 aliphatic heterocycles. The summed E-state index contributed by atoms with van der Waals surface area (Å²) in [7, 11) is 3.50. The molecule has 0 spiro atoms. The predicted octanol–water partition coefficient (Wildman–Crippen LogP) is 1.64. The number of hydrogen-bond donors (Lipinski definition) is 1. The molecule has 1 atom stereocenters. The Hall–Kier alpha value is -1.39. The van der Waals surface area contributed by atoms with Crippen LogP contribution in [0.5, 0.6) is 0 Å². The quantitative estimate of drug-likeness (QED) is 0.792. The largest absolute Gasteiger partial charge is 0.465 e. The van der Waals surface area contributed by atoms with E-state index in [1.807, 2.05) is 18.2 Å². The number of ether oxygens (including phenoxy) is 1.